The minimum atomic E-state index is -5.17. The number of aliphatic carboxylic acids is 1. The molecule has 0 saturated heterocycles. The average Bonchev–Trinajstić information content (AvgIpc) is 2.41. The monoisotopic (exact) mass is 388 g/mol. The van der Waals surface area contributed by atoms with Gasteiger partial charge in [-0.1, -0.05) is 12.2 Å². The summed E-state index contributed by atoms with van der Waals surface area (Å²) in [6.45, 7) is 6.22. The maximum atomic E-state index is 11.7. The second-order valence-electron chi connectivity index (χ2n) is 4.90. The predicted molar refractivity (Wildman–Crippen MR) is 84.8 cm³/mol. The van der Waals surface area contributed by atoms with E-state index in [0.717, 1.165) is 0 Å². The molecule has 0 heterocycles. The Morgan fingerprint density at radius 3 is 1.71 bits per heavy atom. The lowest BCUT2D eigenvalue weighted by Crippen LogP contribution is -2.61. The molecule has 0 rings (SSSR count). The summed E-state index contributed by atoms with van der Waals surface area (Å²) in [5.41, 5.74) is 2.23. The third kappa shape index (κ3) is 5.32. The summed E-state index contributed by atoms with van der Waals surface area (Å²) in [6, 6.07) is 0. The van der Waals surface area contributed by atoms with E-state index in [1.807, 2.05) is 0 Å². The van der Waals surface area contributed by atoms with Gasteiger partial charge in [0.15, 0.2) is 0 Å². The molecule has 140 valence electrons. The molecule has 0 aromatic carbocycles. The molecular weight excluding hydrogens is 366 g/mol. The van der Waals surface area contributed by atoms with Crippen LogP contribution in [0.25, 0.3) is 0 Å². The summed E-state index contributed by atoms with van der Waals surface area (Å²) in [5, 5.41) is 19.8. The van der Waals surface area contributed by atoms with Gasteiger partial charge in [0.25, 0.3) is 0 Å². The number of carbonyl (C=O) groups is 1. The minimum Gasteiger partial charge on any atom is -0.478 e. The summed E-state index contributed by atoms with van der Waals surface area (Å²) >= 11 is 0. The van der Waals surface area contributed by atoms with Gasteiger partial charge in [-0.25, -0.2) is 9.69 Å². The van der Waals surface area contributed by atoms with Gasteiger partial charge in [-0.15, -0.1) is 13.2 Å². The molecule has 0 aliphatic heterocycles. The van der Waals surface area contributed by atoms with E-state index in [9.17, 15) is 43.7 Å². The van der Waals surface area contributed by atoms with Gasteiger partial charge < -0.3 is 35.5 Å². The molecule has 0 bridgehead atoms. The molecule has 0 aliphatic carbocycles. The molecule has 0 aliphatic rings. The summed E-state index contributed by atoms with van der Waals surface area (Å²) in [5.74, 6) is -6.34. The van der Waals surface area contributed by atoms with Gasteiger partial charge >= 0.3 is 21.2 Å². The normalized spacial score (nSPS) is 17.8. The molecule has 0 spiro atoms. The zero-order chi connectivity index (χ0) is 19.3. The molecular formula is C11H22N2O9P2. The predicted octanol–water partition coefficient (Wildman–Crippen LogP) is -0.820. The zero-order valence-corrected chi connectivity index (χ0v) is 14.5. The SMILES string of the molecule is C=CC(N(C(C=C)P(=O)(O)O)C(O)(CCCN)C(=O)O)P(=O)(O)O. The van der Waals surface area contributed by atoms with Crippen molar-refractivity contribution in [3.63, 3.8) is 0 Å². The molecule has 0 fully saturated rings. The van der Waals surface area contributed by atoms with Gasteiger partial charge in [0.1, 0.15) is 11.6 Å². The first-order chi connectivity index (χ1) is 10.8. The number of carboxylic acids is 1. The Morgan fingerprint density at radius 1 is 1.12 bits per heavy atom. The van der Waals surface area contributed by atoms with Crippen LogP contribution in [-0.2, 0) is 13.9 Å². The zero-order valence-electron chi connectivity index (χ0n) is 12.7. The van der Waals surface area contributed by atoms with Crippen molar-refractivity contribution in [2.75, 3.05) is 6.54 Å². The van der Waals surface area contributed by atoms with E-state index >= 15 is 0 Å². The Hall–Kier alpha value is -0.870. The fraction of sp³-hybridized carbons (Fsp3) is 0.545. The summed E-state index contributed by atoms with van der Waals surface area (Å²) < 4.78 is 23.3. The Kier molecular flexibility index (Phi) is 8.17. The van der Waals surface area contributed by atoms with Crippen molar-refractivity contribution >= 4 is 21.2 Å². The number of rotatable bonds is 11. The number of hydrogen-bond donors (Lipinski definition) is 7. The lowest BCUT2D eigenvalue weighted by atomic mass is 10.0. The highest BCUT2D eigenvalue weighted by Gasteiger charge is 2.55. The maximum absolute atomic E-state index is 11.7. The first-order valence-electron chi connectivity index (χ1n) is 6.57. The summed E-state index contributed by atoms with van der Waals surface area (Å²) in [6.07, 6.45) is 0.454. The molecule has 0 saturated carbocycles. The molecule has 3 atom stereocenters. The number of nitrogens with zero attached hydrogens (tertiary/aromatic N) is 1. The second-order valence-corrected chi connectivity index (χ2v) is 8.31. The van der Waals surface area contributed by atoms with E-state index in [1.165, 1.54) is 0 Å². The van der Waals surface area contributed by atoms with Crippen LogP contribution in [0.5, 0.6) is 0 Å². The number of hydrogen-bond acceptors (Lipinski definition) is 6. The van der Waals surface area contributed by atoms with Crippen LogP contribution in [0, 0.1) is 0 Å². The smallest absolute Gasteiger partial charge is 0.351 e. The van der Waals surface area contributed by atoms with Crippen LogP contribution in [0.15, 0.2) is 25.3 Å². The van der Waals surface area contributed by atoms with Gasteiger partial charge in [-0.2, -0.15) is 0 Å². The quantitative estimate of drug-likeness (QED) is 0.132. The lowest BCUT2D eigenvalue weighted by Gasteiger charge is -2.44. The van der Waals surface area contributed by atoms with E-state index in [1.54, 1.807) is 0 Å². The standard InChI is InChI=1S/C11H22N2O9P2/c1-3-8(23(17,18)19)13(9(4-2)24(20,21)22)11(16,10(14)15)6-5-7-12/h3-4,8-9,16H,1-2,5-7,12H2,(H,14,15)(H2,17,18,19)(H2,20,21,22). The molecule has 0 amide bonds. The van der Waals surface area contributed by atoms with Crippen molar-refractivity contribution in [1.29, 1.82) is 0 Å². The van der Waals surface area contributed by atoms with Crippen molar-refractivity contribution in [3.05, 3.63) is 25.3 Å². The first-order valence-corrected chi connectivity index (χ1v) is 9.93. The van der Waals surface area contributed by atoms with Crippen molar-refractivity contribution < 1.29 is 43.7 Å². The summed E-state index contributed by atoms with van der Waals surface area (Å²) in [4.78, 5) is 49.3. The Bertz CT molecular complexity index is 538. The van der Waals surface area contributed by atoms with E-state index in [-0.39, 0.29) is 17.9 Å². The van der Waals surface area contributed by atoms with Gasteiger partial charge in [-0.3, -0.25) is 9.13 Å². The first kappa shape index (κ1) is 23.1. The Labute approximate surface area is 138 Å². The molecule has 0 aromatic heterocycles. The highest BCUT2D eigenvalue weighted by molar-refractivity contribution is 7.53. The molecule has 0 radical (unpaired) electrons. The van der Waals surface area contributed by atoms with E-state index in [0.29, 0.717) is 12.2 Å². The van der Waals surface area contributed by atoms with Crippen molar-refractivity contribution in [3.8, 4) is 0 Å². The van der Waals surface area contributed by atoms with Gasteiger partial charge in [0, 0.05) is 6.42 Å². The number of carboxylic acid groups (broad SMARTS) is 1. The lowest BCUT2D eigenvalue weighted by molar-refractivity contribution is -0.187. The fourth-order valence-corrected chi connectivity index (χ4v) is 4.09. The van der Waals surface area contributed by atoms with Gasteiger partial charge in [0.05, 0.1) is 0 Å². The van der Waals surface area contributed by atoms with Crippen molar-refractivity contribution in [2.24, 2.45) is 5.73 Å². The minimum absolute atomic E-state index is 0.0766. The van der Waals surface area contributed by atoms with Crippen molar-refractivity contribution in [2.45, 2.75) is 30.1 Å². The Balaban J connectivity index is 6.53. The van der Waals surface area contributed by atoms with E-state index in [2.05, 4.69) is 13.2 Å². The topological polar surface area (TPSA) is 202 Å². The van der Waals surface area contributed by atoms with Crippen LogP contribution in [-0.4, -0.2) is 64.5 Å². The molecule has 0 aromatic rings. The van der Waals surface area contributed by atoms with Crippen LogP contribution < -0.4 is 5.73 Å². The molecule has 24 heavy (non-hydrogen) atoms. The van der Waals surface area contributed by atoms with Crippen LogP contribution >= 0.6 is 15.2 Å². The largest absolute Gasteiger partial charge is 0.478 e. The fourth-order valence-electron chi connectivity index (χ4n) is 2.12. The molecule has 8 N–H and O–H groups in total. The molecule has 3 unspecified atom stereocenters. The average molecular weight is 388 g/mol. The maximum Gasteiger partial charge on any atom is 0.351 e. The molecule has 13 heteroatoms. The highest BCUT2D eigenvalue weighted by Crippen LogP contribution is 2.53. The van der Waals surface area contributed by atoms with Crippen molar-refractivity contribution in [1.82, 2.24) is 4.90 Å². The highest BCUT2D eigenvalue weighted by atomic mass is 31.2. The van der Waals surface area contributed by atoms with E-state index < -0.39 is 44.9 Å². The Morgan fingerprint density at radius 2 is 1.50 bits per heavy atom. The van der Waals surface area contributed by atoms with Crippen LogP contribution in [0.4, 0.5) is 0 Å². The summed E-state index contributed by atoms with van der Waals surface area (Å²) in [7, 11) is -10.3. The third-order valence-electron chi connectivity index (χ3n) is 3.18. The van der Waals surface area contributed by atoms with Crippen LogP contribution in [0.2, 0.25) is 0 Å². The van der Waals surface area contributed by atoms with Crippen LogP contribution in [0.3, 0.4) is 0 Å². The van der Waals surface area contributed by atoms with Crippen LogP contribution in [0.1, 0.15) is 12.8 Å². The number of aliphatic hydroxyl groups is 1. The molecule has 11 nitrogen and oxygen atoms in total. The second kappa shape index (κ2) is 8.48. The number of nitrogens with two attached hydrogens (primary N) is 1. The van der Waals surface area contributed by atoms with Gasteiger partial charge in [-0.05, 0) is 13.0 Å². The van der Waals surface area contributed by atoms with Gasteiger partial charge in [0.2, 0.25) is 5.72 Å². The third-order valence-corrected chi connectivity index (χ3v) is 5.48. The van der Waals surface area contributed by atoms with E-state index in [4.69, 9.17) is 5.73 Å².